The summed E-state index contributed by atoms with van der Waals surface area (Å²) in [5.74, 6) is 0.806. The van der Waals surface area contributed by atoms with Gasteiger partial charge in [-0.2, -0.15) is 0 Å². The van der Waals surface area contributed by atoms with Gasteiger partial charge in [-0.1, -0.05) is 15.9 Å². The Hall–Kier alpha value is -0.940. The van der Waals surface area contributed by atoms with Crippen LogP contribution in [-0.4, -0.2) is 21.6 Å². The first-order chi connectivity index (χ1) is 6.29. The summed E-state index contributed by atoms with van der Waals surface area (Å²) in [5.41, 5.74) is 0.861. The van der Waals surface area contributed by atoms with Crippen molar-refractivity contribution in [3.8, 4) is 0 Å². The molecule has 1 N–H and O–H groups in total. The molecule has 0 atom stereocenters. The van der Waals surface area contributed by atoms with Gasteiger partial charge >= 0.3 is 0 Å². The lowest BCUT2D eigenvalue weighted by Crippen LogP contribution is -2.06. The summed E-state index contributed by atoms with van der Waals surface area (Å²) in [5, 5.41) is 7.28. The predicted molar refractivity (Wildman–Crippen MR) is 53.5 cm³/mol. The Morgan fingerprint density at radius 2 is 2.46 bits per heavy atom. The van der Waals surface area contributed by atoms with Gasteiger partial charge in [0.05, 0.1) is 6.54 Å². The molecule has 2 heterocycles. The Labute approximate surface area is 84.1 Å². The molecule has 0 fully saturated rings. The molecule has 2 aromatic rings. The lowest BCUT2D eigenvalue weighted by atomic mass is 10.5. The van der Waals surface area contributed by atoms with Gasteiger partial charge in [-0.3, -0.25) is 0 Å². The molecule has 68 valence electrons. The van der Waals surface area contributed by atoms with Gasteiger partial charge in [0.15, 0.2) is 11.5 Å². The highest BCUT2D eigenvalue weighted by Gasteiger charge is 2.01. The summed E-state index contributed by atoms with van der Waals surface area (Å²) < 4.78 is 2.78. The molecule has 4 nitrogen and oxygen atoms in total. The van der Waals surface area contributed by atoms with Crippen molar-refractivity contribution in [3.63, 3.8) is 0 Å². The van der Waals surface area contributed by atoms with Crippen molar-refractivity contribution in [2.45, 2.75) is 6.54 Å². The van der Waals surface area contributed by atoms with Crippen LogP contribution in [0.2, 0.25) is 0 Å². The van der Waals surface area contributed by atoms with E-state index in [-0.39, 0.29) is 0 Å². The number of hydrogen-bond donors (Lipinski definition) is 1. The van der Waals surface area contributed by atoms with Crippen LogP contribution in [0.3, 0.4) is 0 Å². The summed E-state index contributed by atoms with van der Waals surface area (Å²) in [4.78, 5) is 4.32. The molecule has 0 aliphatic carbocycles. The third-order valence-electron chi connectivity index (χ3n) is 1.68. The van der Waals surface area contributed by atoms with Crippen molar-refractivity contribution in [1.29, 1.82) is 0 Å². The average molecular weight is 241 g/mol. The molecule has 0 aliphatic rings. The van der Waals surface area contributed by atoms with Gasteiger partial charge in [-0.05, 0) is 19.2 Å². The Morgan fingerprint density at radius 1 is 1.62 bits per heavy atom. The molecule has 0 aromatic carbocycles. The van der Waals surface area contributed by atoms with Crippen molar-refractivity contribution in [1.82, 2.24) is 19.9 Å². The number of hydrogen-bond acceptors (Lipinski definition) is 3. The number of halogens is 1. The van der Waals surface area contributed by atoms with Crippen LogP contribution in [0.5, 0.6) is 0 Å². The van der Waals surface area contributed by atoms with Crippen LogP contribution >= 0.6 is 15.9 Å². The minimum atomic E-state index is 0.694. The van der Waals surface area contributed by atoms with Crippen LogP contribution in [-0.2, 0) is 6.54 Å². The third-order valence-corrected chi connectivity index (χ3v) is 2.17. The van der Waals surface area contributed by atoms with E-state index in [0.29, 0.717) is 6.54 Å². The topological polar surface area (TPSA) is 42.2 Å². The second-order valence-corrected chi connectivity index (χ2v) is 3.62. The standard InChI is InChI=1S/C8H9BrN4/c1-10-5-7-11-8-4-6(9)2-3-13(8)12-7/h2-4,10H,5H2,1H3. The first-order valence-electron chi connectivity index (χ1n) is 3.95. The Balaban J connectivity index is 2.49. The minimum absolute atomic E-state index is 0.694. The van der Waals surface area contributed by atoms with Gasteiger partial charge in [0, 0.05) is 10.7 Å². The first kappa shape index (κ1) is 8.65. The van der Waals surface area contributed by atoms with Gasteiger partial charge in [0.1, 0.15) is 0 Å². The van der Waals surface area contributed by atoms with Crippen LogP contribution in [0, 0.1) is 0 Å². The summed E-state index contributed by atoms with van der Waals surface area (Å²) in [7, 11) is 1.88. The van der Waals surface area contributed by atoms with Crippen molar-refractivity contribution >= 4 is 21.6 Å². The average Bonchev–Trinajstić information content (AvgIpc) is 2.46. The summed E-state index contributed by atoms with van der Waals surface area (Å²) >= 11 is 3.38. The maximum Gasteiger partial charge on any atom is 0.165 e. The SMILES string of the molecule is CNCc1nc2cc(Br)ccn2n1. The molecule has 0 radical (unpaired) electrons. The molecule has 0 unspecified atom stereocenters. The van der Waals surface area contributed by atoms with Crippen molar-refractivity contribution < 1.29 is 0 Å². The maximum absolute atomic E-state index is 4.32. The lowest BCUT2D eigenvalue weighted by molar-refractivity contribution is 0.752. The van der Waals surface area contributed by atoms with Crippen LogP contribution in [0.1, 0.15) is 5.82 Å². The second-order valence-electron chi connectivity index (χ2n) is 2.71. The quantitative estimate of drug-likeness (QED) is 0.859. The van der Waals surface area contributed by atoms with Crippen LogP contribution in [0.4, 0.5) is 0 Å². The fourth-order valence-electron chi connectivity index (χ4n) is 1.14. The van der Waals surface area contributed by atoms with Crippen molar-refractivity contribution in [2.24, 2.45) is 0 Å². The maximum atomic E-state index is 4.32. The number of pyridine rings is 1. The van der Waals surface area contributed by atoms with Gasteiger partial charge in [-0.15, -0.1) is 5.10 Å². The molecule has 2 rings (SSSR count). The highest BCUT2D eigenvalue weighted by atomic mass is 79.9. The van der Waals surface area contributed by atoms with Gasteiger partial charge < -0.3 is 5.32 Å². The molecule has 0 spiro atoms. The number of aromatic nitrogens is 3. The molecule has 0 amide bonds. The number of nitrogens with zero attached hydrogens (tertiary/aromatic N) is 3. The van der Waals surface area contributed by atoms with E-state index in [4.69, 9.17) is 0 Å². The summed E-state index contributed by atoms with van der Waals surface area (Å²) in [6, 6.07) is 3.87. The molecule has 0 saturated carbocycles. The molecule has 5 heteroatoms. The molecule has 0 bridgehead atoms. The van der Waals surface area contributed by atoms with E-state index in [1.807, 2.05) is 25.4 Å². The largest absolute Gasteiger partial charge is 0.313 e. The molecule has 0 aliphatic heterocycles. The number of rotatable bonds is 2. The normalized spacial score (nSPS) is 10.9. The fraction of sp³-hybridized carbons (Fsp3) is 0.250. The summed E-state index contributed by atoms with van der Waals surface area (Å²) in [6.45, 7) is 0.694. The van der Waals surface area contributed by atoms with Crippen molar-refractivity contribution in [3.05, 3.63) is 28.6 Å². The molecule has 0 saturated heterocycles. The zero-order chi connectivity index (χ0) is 9.26. The number of fused-ring (bicyclic) bond motifs is 1. The lowest BCUT2D eigenvalue weighted by Gasteiger charge is -1.89. The molecule has 2 aromatic heterocycles. The molecular weight excluding hydrogens is 232 g/mol. The van der Waals surface area contributed by atoms with Crippen LogP contribution < -0.4 is 5.32 Å². The van der Waals surface area contributed by atoms with E-state index >= 15 is 0 Å². The second kappa shape index (κ2) is 3.43. The Bertz CT molecular complexity index is 423. The zero-order valence-electron chi connectivity index (χ0n) is 7.16. The van der Waals surface area contributed by atoms with E-state index in [2.05, 4.69) is 31.3 Å². The van der Waals surface area contributed by atoms with E-state index in [0.717, 1.165) is 15.9 Å². The van der Waals surface area contributed by atoms with Gasteiger partial charge in [0.25, 0.3) is 0 Å². The van der Waals surface area contributed by atoms with Gasteiger partial charge in [-0.25, -0.2) is 9.50 Å². The monoisotopic (exact) mass is 240 g/mol. The third kappa shape index (κ3) is 1.71. The molecular formula is C8H9BrN4. The van der Waals surface area contributed by atoms with Crippen LogP contribution in [0.25, 0.3) is 5.65 Å². The van der Waals surface area contributed by atoms with Crippen LogP contribution in [0.15, 0.2) is 22.8 Å². The van der Waals surface area contributed by atoms with Crippen molar-refractivity contribution in [2.75, 3.05) is 7.05 Å². The van der Waals surface area contributed by atoms with E-state index in [1.165, 1.54) is 0 Å². The first-order valence-corrected chi connectivity index (χ1v) is 4.74. The smallest absolute Gasteiger partial charge is 0.165 e. The fourth-order valence-corrected chi connectivity index (χ4v) is 1.46. The van der Waals surface area contributed by atoms with E-state index in [1.54, 1.807) is 4.52 Å². The Morgan fingerprint density at radius 3 is 3.23 bits per heavy atom. The predicted octanol–water partition coefficient (Wildman–Crippen LogP) is 1.21. The molecule has 13 heavy (non-hydrogen) atoms. The van der Waals surface area contributed by atoms with Gasteiger partial charge in [0.2, 0.25) is 0 Å². The zero-order valence-corrected chi connectivity index (χ0v) is 8.74. The highest BCUT2D eigenvalue weighted by molar-refractivity contribution is 9.10. The highest BCUT2D eigenvalue weighted by Crippen LogP contribution is 2.11. The number of nitrogens with one attached hydrogen (secondary N) is 1. The summed E-state index contributed by atoms with van der Waals surface area (Å²) in [6.07, 6.45) is 1.88. The Kier molecular flexibility index (Phi) is 2.28. The minimum Gasteiger partial charge on any atom is -0.313 e. The van der Waals surface area contributed by atoms with E-state index < -0.39 is 0 Å². The van der Waals surface area contributed by atoms with E-state index in [9.17, 15) is 0 Å².